The van der Waals surface area contributed by atoms with E-state index in [-0.39, 0.29) is 23.9 Å². The Morgan fingerprint density at radius 2 is 1.92 bits per heavy atom. The van der Waals surface area contributed by atoms with Crippen LogP contribution in [0, 0.1) is 5.92 Å². The number of hydrogen-bond acceptors (Lipinski definition) is 6. The molecule has 1 saturated carbocycles. The average molecular weight is 360 g/mol. The maximum absolute atomic E-state index is 12.7. The number of anilines is 1. The summed E-state index contributed by atoms with van der Waals surface area (Å²) in [5.74, 6) is 0.189. The van der Waals surface area contributed by atoms with Crippen LogP contribution in [0.15, 0.2) is 18.5 Å². The van der Waals surface area contributed by atoms with Gasteiger partial charge in [0, 0.05) is 12.1 Å². The van der Waals surface area contributed by atoms with Gasteiger partial charge in [0.05, 0.1) is 25.2 Å². The first-order valence-corrected chi connectivity index (χ1v) is 9.14. The molecule has 1 aliphatic carbocycles. The molecule has 0 saturated heterocycles. The maximum atomic E-state index is 12.7. The minimum atomic E-state index is -0.451. The highest BCUT2D eigenvalue weighted by molar-refractivity contribution is 5.86. The SMILES string of the molecule is COC(=O)/C=C/c1cnc(N[C@@H](C(=O)NC2CCCCC2)C(C)C)cn1. The van der Waals surface area contributed by atoms with Gasteiger partial charge in [0.15, 0.2) is 0 Å². The molecule has 142 valence electrons. The predicted octanol–water partition coefficient (Wildman–Crippen LogP) is 2.55. The predicted molar refractivity (Wildman–Crippen MR) is 100 cm³/mol. The molecule has 7 heteroatoms. The van der Waals surface area contributed by atoms with E-state index >= 15 is 0 Å². The minimum absolute atomic E-state index is 0.00311. The molecule has 1 amide bonds. The van der Waals surface area contributed by atoms with E-state index in [1.807, 2.05) is 13.8 Å². The lowest BCUT2D eigenvalue weighted by molar-refractivity contribution is -0.134. The first kappa shape index (κ1) is 19.9. The first-order chi connectivity index (χ1) is 12.5. The largest absolute Gasteiger partial charge is 0.466 e. The molecule has 0 radical (unpaired) electrons. The molecule has 1 fully saturated rings. The van der Waals surface area contributed by atoms with E-state index < -0.39 is 5.97 Å². The third-order valence-electron chi connectivity index (χ3n) is 4.47. The summed E-state index contributed by atoms with van der Waals surface area (Å²) in [6, 6.07) is -0.0982. The Balaban J connectivity index is 1.96. The van der Waals surface area contributed by atoms with Crippen molar-refractivity contribution in [2.75, 3.05) is 12.4 Å². The molecule has 0 spiro atoms. The lowest BCUT2D eigenvalue weighted by atomic mass is 9.94. The molecular formula is C19H28N4O3. The van der Waals surface area contributed by atoms with Crippen molar-refractivity contribution >= 4 is 23.8 Å². The van der Waals surface area contributed by atoms with Crippen molar-refractivity contribution in [2.45, 2.75) is 58.0 Å². The van der Waals surface area contributed by atoms with Crippen molar-refractivity contribution < 1.29 is 14.3 Å². The van der Waals surface area contributed by atoms with E-state index in [0.29, 0.717) is 11.5 Å². The van der Waals surface area contributed by atoms with Gasteiger partial charge >= 0.3 is 5.97 Å². The van der Waals surface area contributed by atoms with Crippen LogP contribution in [0.3, 0.4) is 0 Å². The summed E-state index contributed by atoms with van der Waals surface area (Å²) in [5.41, 5.74) is 0.536. The Bertz CT molecular complexity index is 622. The second-order valence-electron chi connectivity index (χ2n) is 6.89. The number of nitrogens with zero attached hydrogens (tertiary/aromatic N) is 2. The van der Waals surface area contributed by atoms with Gasteiger partial charge in [-0.2, -0.15) is 0 Å². The quantitative estimate of drug-likeness (QED) is 0.573. The molecule has 0 aliphatic heterocycles. The maximum Gasteiger partial charge on any atom is 0.330 e. The van der Waals surface area contributed by atoms with Crippen LogP contribution in [0.5, 0.6) is 0 Å². The molecular weight excluding hydrogens is 332 g/mol. The Morgan fingerprint density at radius 3 is 2.50 bits per heavy atom. The molecule has 1 heterocycles. The van der Waals surface area contributed by atoms with Crippen molar-refractivity contribution in [1.29, 1.82) is 0 Å². The number of aromatic nitrogens is 2. The first-order valence-electron chi connectivity index (χ1n) is 9.14. The van der Waals surface area contributed by atoms with E-state index in [1.54, 1.807) is 6.20 Å². The van der Waals surface area contributed by atoms with Crippen LogP contribution in [-0.2, 0) is 14.3 Å². The normalized spacial score (nSPS) is 16.5. The van der Waals surface area contributed by atoms with E-state index in [9.17, 15) is 9.59 Å². The van der Waals surface area contributed by atoms with Gasteiger partial charge in [-0.25, -0.2) is 9.78 Å². The van der Waals surface area contributed by atoms with Crippen molar-refractivity contribution in [3.05, 3.63) is 24.2 Å². The zero-order valence-electron chi connectivity index (χ0n) is 15.7. The zero-order chi connectivity index (χ0) is 18.9. The average Bonchev–Trinajstić information content (AvgIpc) is 2.65. The lowest BCUT2D eigenvalue weighted by Crippen LogP contribution is -2.47. The highest BCUT2D eigenvalue weighted by atomic mass is 16.5. The Kier molecular flexibility index (Phi) is 7.56. The highest BCUT2D eigenvalue weighted by Gasteiger charge is 2.25. The van der Waals surface area contributed by atoms with Crippen molar-refractivity contribution in [2.24, 2.45) is 5.92 Å². The molecule has 1 atom stereocenters. The van der Waals surface area contributed by atoms with E-state index in [0.717, 1.165) is 12.8 Å². The Labute approximate surface area is 154 Å². The number of nitrogens with one attached hydrogen (secondary N) is 2. The zero-order valence-corrected chi connectivity index (χ0v) is 15.7. The van der Waals surface area contributed by atoms with Crippen LogP contribution in [0.1, 0.15) is 51.6 Å². The summed E-state index contributed by atoms with van der Waals surface area (Å²) >= 11 is 0. The fourth-order valence-electron chi connectivity index (χ4n) is 2.95. The van der Waals surface area contributed by atoms with Gasteiger partial charge in [0.25, 0.3) is 0 Å². The summed E-state index contributed by atoms with van der Waals surface area (Å²) in [6.07, 6.45) is 11.6. The Morgan fingerprint density at radius 1 is 1.19 bits per heavy atom. The summed E-state index contributed by atoms with van der Waals surface area (Å²) in [4.78, 5) is 32.2. The summed E-state index contributed by atoms with van der Waals surface area (Å²) in [7, 11) is 1.32. The smallest absolute Gasteiger partial charge is 0.330 e. The van der Waals surface area contributed by atoms with Crippen LogP contribution < -0.4 is 10.6 Å². The molecule has 2 rings (SSSR count). The lowest BCUT2D eigenvalue weighted by Gasteiger charge is -2.27. The Hall–Kier alpha value is -2.44. The number of methoxy groups -OCH3 is 1. The number of ether oxygens (including phenoxy) is 1. The van der Waals surface area contributed by atoms with Gasteiger partial charge in [0.2, 0.25) is 5.91 Å². The topological polar surface area (TPSA) is 93.2 Å². The molecule has 7 nitrogen and oxygen atoms in total. The van der Waals surface area contributed by atoms with Gasteiger partial charge in [-0.15, -0.1) is 0 Å². The van der Waals surface area contributed by atoms with E-state index in [4.69, 9.17) is 0 Å². The van der Waals surface area contributed by atoms with Crippen LogP contribution in [0.25, 0.3) is 6.08 Å². The molecule has 1 aromatic heterocycles. The fourth-order valence-corrected chi connectivity index (χ4v) is 2.95. The van der Waals surface area contributed by atoms with Gasteiger partial charge in [-0.05, 0) is 24.8 Å². The van der Waals surface area contributed by atoms with Gasteiger partial charge < -0.3 is 15.4 Å². The number of rotatable bonds is 7. The second-order valence-corrected chi connectivity index (χ2v) is 6.89. The summed E-state index contributed by atoms with van der Waals surface area (Å²) < 4.78 is 4.53. The van der Waals surface area contributed by atoms with E-state index in [1.165, 1.54) is 44.7 Å². The third-order valence-corrected chi connectivity index (χ3v) is 4.47. The second kappa shape index (κ2) is 9.89. The van der Waals surface area contributed by atoms with Crippen LogP contribution >= 0.6 is 0 Å². The molecule has 0 unspecified atom stereocenters. The highest BCUT2D eigenvalue weighted by Crippen LogP contribution is 2.18. The number of esters is 1. The number of amides is 1. The number of hydrogen-bond donors (Lipinski definition) is 2. The van der Waals surface area contributed by atoms with Crippen LogP contribution in [-0.4, -0.2) is 41.0 Å². The number of carbonyl (C=O) groups excluding carboxylic acids is 2. The fraction of sp³-hybridized carbons (Fsp3) is 0.579. The van der Waals surface area contributed by atoms with Gasteiger partial charge in [0.1, 0.15) is 11.9 Å². The summed E-state index contributed by atoms with van der Waals surface area (Å²) in [5, 5.41) is 6.33. The van der Waals surface area contributed by atoms with Crippen molar-refractivity contribution in [1.82, 2.24) is 15.3 Å². The molecule has 0 bridgehead atoms. The van der Waals surface area contributed by atoms with Gasteiger partial charge in [-0.1, -0.05) is 33.1 Å². The molecule has 0 aromatic carbocycles. The van der Waals surface area contributed by atoms with E-state index in [2.05, 4.69) is 25.3 Å². The number of carbonyl (C=O) groups is 2. The molecule has 26 heavy (non-hydrogen) atoms. The third kappa shape index (κ3) is 6.13. The standard InChI is InChI=1S/C19H28N4O3/c1-13(2)18(19(25)22-14-7-5-4-6-8-14)23-16-12-20-15(11-21-16)9-10-17(24)26-3/h9-14,18H,4-8H2,1-3H3,(H,21,23)(H,22,25)/b10-9+/t18-/m1/s1. The summed E-state index contributed by atoms with van der Waals surface area (Å²) in [6.45, 7) is 4.00. The van der Waals surface area contributed by atoms with Crippen molar-refractivity contribution in [3.8, 4) is 0 Å². The van der Waals surface area contributed by atoms with Crippen LogP contribution in [0.4, 0.5) is 5.82 Å². The molecule has 1 aliphatic rings. The molecule has 1 aromatic rings. The van der Waals surface area contributed by atoms with Crippen LogP contribution in [0.2, 0.25) is 0 Å². The monoisotopic (exact) mass is 360 g/mol. The van der Waals surface area contributed by atoms with Crippen molar-refractivity contribution in [3.63, 3.8) is 0 Å². The molecule has 2 N–H and O–H groups in total. The minimum Gasteiger partial charge on any atom is -0.466 e. The van der Waals surface area contributed by atoms with Gasteiger partial charge in [-0.3, -0.25) is 9.78 Å².